The fraction of sp³-hybridized carbons (Fsp3) is 0.321. The summed E-state index contributed by atoms with van der Waals surface area (Å²) in [4.78, 5) is 29.2. The minimum atomic E-state index is -1.00. The molecule has 2 aromatic carbocycles. The van der Waals surface area contributed by atoms with Gasteiger partial charge in [-0.15, -0.1) is 24.8 Å². The molecule has 0 aliphatic carbocycles. The second kappa shape index (κ2) is 12.9. The molecule has 1 heterocycles. The number of esters is 1. The first-order valence-electron chi connectivity index (χ1n) is 11.3. The minimum Gasteiger partial charge on any atom is -0.478 e. The molecule has 3 N–H and O–H groups in total. The van der Waals surface area contributed by atoms with Crippen LogP contribution in [-0.4, -0.2) is 22.0 Å². The number of hydrogen-bond acceptors (Lipinski definition) is 5. The molecule has 3 rings (SSSR count). The van der Waals surface area contributed by atoms with Gasteiger partial charge in [-0.3, -0.25) is 4.98 Å². The number of aromatic nitrogens is 1. The largest absolute Gasteiger partial charge is 0.478 e. The maximum atomic E-state index is 13.3. The zero-order chi connectivity index (χ0) is 25.0. The summed E-state index contributed by atoms with van der Waals surface area (Å²) in [6, 6.07) is 14.3. The fourth-order valence-corrected chi connectivity index (χ4v) is 3.92. The van der Waals surface area contributed by atoms with Crippen molar-refractivity contribution in [3.8, 4) is 11.1 Å². The lowest BCUT2D eigenvalue weighted by atomic mass is 9.85. The van der Waals surface area contributed by atoms with Crippen LogP contribution >= 0.6 is 24.8 Å². The number of aromatic carboxylic acids is 1. The lowest BCUT2D eigenvalue weighted by molar-refractivity contribution is 0.0471. The number of carbonyl (C=O) groups is 2. The topological polar surface area (TPSA) is 103 Å². The van der Waals surface area contributed by atoms with E-state index in [-0.39, 0.29) is 48.9 Å². The second-order valence-electron chi connectivity index (χ2n) is 9.76. The summed E-state index contributed by atoms with van der Waals surface area (Å²) in [7, 11) is 0. The summed E-state index contributed by atoms with van der Waals surface area (Å²) in [6.45, 7) is 10.5. The number of halogens is 2. The lowest BCUT2D eigenvalue weighted by Crippen LogP contribution is -2.19. The summed E-state index contributed by atoms with van der Waals surface area (Å²) in [5.41, 5.74) is 12.6. The lowest BCUT2D eigenvalue weighted by Gasteiger charge is -2.24. The Morgan fingerprint density at radius 3 is 2.06 bits per heavy atom. The Labute approximate surface area is 225 Å². The molecule has 8 heteroatoms. The number of aryl methyl sites for hydroxylation is 2. The maximum Gasteiger partial charge on any atom is 0.340 e. The van der Waals surface area contributed by atoms with Gasteiger partial charge in [0.15, 0.2) is 0 Å². The molecule has 3 aromatic rings. The predicted octanol–water partition coefficient (Wildman–Crippen LogP) is 6.31. The zero-order valence-corrected chi connectivity index (χ0v) is 22.9. The van der Waals surface area contributed by atoms with Gasteiger partial charge >= 0.3 is 11.9 Å². The van der Waals surface area contributed by atoms with E-state index < -0.39 is 11.9 Å². The third-order valence-electron chi connectivity index (χ3n) is 5.58. The van der Waals surface area contributed by atoms with Crippen LogP contribution in [-0.2, 0) is 24.3 Å². The van der Waals surface area contributed by atoms with E-state index in [0.717, 1.165) is 34.4 Å². The molecule has 0 bridgehead atoms. The Kier molecular flexibility index (Phi) is 11.1. The highest BCUT2D eigenvalue weighted by atomic mass is 35.5. The number of benzene rings is 2. The van der Waals surface area contributed by atoms with E-state index >= 15 is 0 Å². The van der Waals surface area contributed by atoms with Crippen LogP contribution in [0.4, 0.5) is 0 Å². The first kappa shape index (κ1) is 31.1. The van der Waals surface area contributed by atoms with Gasteiger partial charge in [-0.1, -0.05) is 62.7 Å². The highest BCUT2D eigenvalue weighted by Gasteiger charge is 2.26. The minimum absolute atomic E-state index is 0. The molecule has 0 radical (unpaired) electrons. The number of rotatable bonds is 7. The van der Waals surface area contributed by atoms with Crippen LogP contribution in [0.3, 0.4) is 0 Å². The van der Waals surface area contributed by atoms with Crippen molar-refractivity contribution < 1.29 is 19.4 Å². The van der Waals surface area contributed by atoms with Crippen molar-refractivity contribution in [3.63, 3.8) is 0 Å². The molecule has 0 saturated heterocycles. The highest BCUT2D eigenvalue weighted by molar-refractivity contribution is 5.99. The molecule has 194 valence electrons. The van der Waals surface area contributed by atoms with Crippen molar-refractivity contribution in [3.05, 3.63) is 87.7 Å². The van der Waals surface area contributed by atoms with Gasteiger partial charge in [-0.25, -0.2) is 9.59 Å². The Morgan fingerprint density at radius 2 is 1.56 bits per heavy atom. The van der Waals surface area contributed by atoms with Gasteiger partial charge in [-0.2, -0.15) is 0 Å². The average Bonchev–Trinajstić information content (AvgIpc) is 2.77. The van der Waals surface area contributed by atoms with Crippen molar-refractivity contribution in [2.24, 2.45) is 11.1 Å². The summed E-state index contributed by atoms with van der Waals surface area (Å²) < 4.78 is 5.65. The van der Waals surface area contributed by atoms with Gasteiger partial charge in [0.1, 0.15) is 6.61 Å². The number of carboxylic acids is 1. The van der Waals surface area contributed by atoms with E-state index in [1.165, 1.54) is 12.1 Å². The molecule has 0 unspecified atom stereocenters. The van der Waals surface area contributed by atoms with Crippen molar-refractivity contribution in [2.45, 2.75) is 54.2 Å². The third kappa shape index (κ3) is 7.53. The molecule has 0 fully saturated rings. The first-order chi connectivity index (χ1) is 16.0. The van der Waals surface area contributed by atoms with Gasteiger partial charge in [0.05, 0.1) is 16.8 Å². The Bertz CT molecular complexity index is 1200. The number of pyridine rings is 1. The molecular weight excluding hydrogens is 499 g/mol. The van der Waals surface area contributed by atoms with E-state index in [0.29, 0.717) is 16.8 Å². The smallest absolute Gasteiger partial charge is 0.340 e. The van der Waals surface area contributed by atoms with Crippen LogP contribution in [0.2, 0.25) is 0 Å². The molecule has 0 atom stereocenters. The van der Waals surface area contributed by atoms with Crippen LogP contribution in [0.25, 0.3) is 11.1 Å². The predicted molar refractivity (Wildman–Crippen MR) is 147 cm³/mol. The van der Waals surface area contributed by atoms with Gasteiger partial charge in [0, 0.05) is 17.8 Å². The fourth-order valence-electron chi connectivity index (χ4n) is 3.92. The van der Waals surface area contributed by atoms with Crippen LogP contribution in [0.1, 0.15) is 69.6 Å². The Balaban J connectivity index is 0.00000324. The van der Waals surface area contributed by atoms with Crippen LogP contribution in [0.15, 0.2) is 48.5 Å². The van der Waals surface area contributed by atoms with E-state index in [1.54, 1.807) is 12.1 Å². The molecule has 0 spiro atoms. The highest BCUT2D eigenvalue weighted by Crippen LogP contribution is 2.34. The molecule has 6 nitrogen and oxygen atoms in total. The average molecular weight is 533 g/mol. The Hall–Kier alpha value is -2.93. The van der Waals surface area contributed by atoms with E-state index in [4.69, 9.17) is 20.6 Å². The van der Waals surface area contributed by atoms with Crippen LogP contribution in [0, 0.1) is 19.3 Å². The van der Waals surface area contributed by atoms with Crippen molar-refractivity contribution in [1.29, 1.82) is 0 Å². The number of ether oxygens (including phenoxy) is 1. The second-order valence-corrected chi connectivity index (χ2v) is 9.76. The number of nitrogens with two attached hydrogens (primary N) is 1. The van der Waals surface area contributed by atoms with Gasteiger partial charge in [0.25, 0.3) is 0 Å². The molecule has 0 aliphatic rings. The van der Waals surface area contributed by atoms with Crippen molar-refractivity contribution >= 4 is 36.8 Å². The Morgan fingerprint density at radius 1 is 0.972 bits per heavy atom. The quantitative estimate of drug-likeness (QED) is 0.345. The van der Waals surface area contributed by atoms with Gasteiger partial charge < -0.3 is 15.6 Å². The van der Waals surface area contributed by atoms with Gasteiger partial charge in [0.2, 0.25) is 0 Å². The van der Waals surface area contributed by atoms with Crippen molar-refractivity contribution in [1.82, 2.24) is 4.98 Å². The van der Waals surface area contributed by atoms with Crippen LogP contribution < -0.4 is 5.73 Å². The monoisotopic (exact) mass is 532 g/mol. The normalized spacial score (nSPS) is 10.7. The number of carbonyl (C=O) groups excluding carboxylic acids is 1. The van der Waals surface area contributed by atoms with Gasteiger partial charge in [-0.05, 0) is 54.5 Å². The van der Waals surface area contributed by atoms with E-state index in [9.17, 15) is 9.59 Å². The number of nitrogens with zero attached hydrogens (tertiary/aromatic N) is 1. The molecule has 36 heavy (non-hydrogen) atoms. The summed E-state index contributed by atoms with van der Waals surface area (Å²) in [6.07, 6.45) is 0.727. The maximum absolute atomic E-state index is 13.3. The zero-order valence-electron chi connectivity index (χ0n) is 21.3. The van der Waals surface area contributed by atoms with E-state index in [2.05, 4.69) is 20.8 Å². The number of hydrogen-bond donors (Lipinski definition) is 2. The SMILES string of the molecule is Cc1ccc(-c2c(CN)c(CC(C)(C)C)nc(C)c2C(=O)OCc2ccc(C(=O)O)cc2)cc1.Cl.Cl. The summed E-state index contributed by atoms with van der Waals surface area (Å²) in [5.74, 6) is -1.49. The summed E-state index contributed by atoms with van der Waals surface area (Å²) in [5, 5.41) is 9.07. The standard InChI is InChI=1S/C28H32N2O4.2ClH/c1-17-6-10-20(11-7-17)25-22(15-29)23(14-28(3,4)5)30-18(2)24(25)27(33)34-16-19-8-12-21(13-9-19)26(31)32;;/h6-13H,14-16,29H2,1-5H3,(H,31,32);2*1H. The molecule has 0 aliphatic heterocycles. The third-order valence-corrected chi connectivity index (χ3v) is 5.58. The van der Waals surface area contributed by atoms with E-state index in [1.807, 2.05) is 38.1 Å². The summed E-state index contributed by atoms with van der Waals surface area (Å²) >= 11 is 0. The van der Waals surface area contributed by atoms with Crippen molar-refractivity contribution in [2.75, 3.05) is 0 Å². The van der Waals surface area contributed by atoms with Crippen LogP contribution in [0.5, 0.6) is 0 Å². The number of carboxylic acid groups (broad SMARTS) is 1. The molecule has 1 aromatic heterocycles. The molecule has 0 saturated carbocycles. The molecule has 0 amide bonds. The first-order valence-corrected chi connectivity index (χ1v) is 11.3. The molecular formula is C28H34Cl2N2O4.